The smallest absolute Gasteiger partial charge is 0.320 e. The van der Waals surface area contributed by atoms with Gasteiger partial charge in [0.25, 0.3) is 0 Å². The lowest BCUT2D eigenvalue weighted by Crippen LogP contribution is -2.54. The third-order valence-corrected chi connectivity index (χ3v) is 24.5. The molecule has 9 rings (SSSR count). The number of hydrogen-bond acceptors (Lipinski definition) is 18. The van der Waals surface area contributed by atoms with Gasteiger partial charge in [0, 0.05) is 198 Å². The average molecular weight is 1600 g/mol. The van der Waals surface area contributed by atoms with Crippen molar-refractivity contribution < 1.29 is 43.5 Å². The van der Waals surface area contributed by atoms with E-state index in [1.54, 1.807) is 41.5 Å². The lowest BCUT2D eigenvalue weighted by atomic mass is 9.87. The number of rotatable bonds is 17. The predicted molar refractivity (Wildman–Crippen MR) is 468 cm³/mol. The Labute approximate surface area is 691 Å². The Hall–Kier alpha value is -4.53. The van der Waals surface area contributed by atoms with E-state index in [1.807, 2.05) is 49.3 Å². The number of Topliss-reactive ketones (excluding diaryl/α,β-unsaturated/α-hetero) is 4. The summed E-state index contributed by atoms with van der Waals surface area (Å²) in [5.74, 6) is 6.30. The number of aliphatic carboxylic acids is 1. The summed E-state index contributed by atoms with van der Waals surface area (Å²) in [5.41, 5.74) is 0. The van der Waals surface area contributed by atoms with Crippen molar-refractivity contribution >= 4 is 52.8 Å². The summed E-state index contributed by atoms with van der Waals surface area (Å²) in [7, 11) is 0. The standard InChI is InChI=1S/C11H23N3O.C11H21NO.C10H20N2O.3C10H19NO.C9H19N3.C9H18N2O.C9H17NO2/c1-9(2)12-11(15)14-7-5-13(6-8-14)10(3)4;1-9(2)11-4-6-12(7-5-11)8-10(3)13;1-9(2)12-6-4-11(5-7-12)8-10(3)13;2*1-8(2)11-6-4-10(5-7-11)9(3)12;1-8(2)10-4-6-11(7-5-10)9(3)12;1-8(2)11-4-6-12(7-5-11)9(3)10;1-8(2)10-4-6-11(7-5-10)9(3)12;1-6(2)10-5-7(3)4-8(10)9(11)12/h9-10H,5-8H2,1-4H3,(H,12,15);9,11H,4-8H2,1-3H3;9H,4-8H2,1-3H3;4*8,10H,4-7H2,1-3H3;8H,4-7H2,1-3H3;6-8H,4-5H2,1-3H3,(H,11,12)/t;;;;;;;;7-,8+/m........1/s1. The number of likely N-dealkylation sites (tertiary alicyclic amines) is 5. The van der Waals surface area contributed by atoms with E-state index < -0.39 is 5.97 Å². The molecule has 0 spiro atoms. The van der Waals surface area contributed by atoms with Crippen LogP contribution in [0.2, 0.25) is 0 Å². The number of carbonyl (C=O) groups is 8. The molecule has 9 aliphatic heterocycles. The van der Waals surface area contributed by atoms with E-state index in [9.17, 15) is 38.4 Å². The van der Waals surface area contributed by atoms with Gasteiger partial charge in [0.2, 0.25) is 11.8 Å². The Morgan fingerprint density at radius 3 is 0.894 bits per heavy atom. The van der Waals surface area contributed by atoms with E-state index in [-0.39, 0.29) is 35.7 Å². The molecule has 9 heterocycles. The molecule has 0 unspecified atom stereocenters. The fraction of sp³-hybridized carbons (Fsp3) is 0.899. The molecule has 9 fully saturated rings. The highest BCUT2D eigenvalue weighted by molar-refractivity contribution is 5.80. The Morgan fingerprint density at radius 1 is 0.354 bits per heavy atom. The van der Waals surface area contributed by atoms with Crippen molar-refractivity contribution in [1.29, 1.82) is 5.41 Å². The van der Waals surface area contributed by atoms with Crippen LogP contribution in [0, 0.1) is 46.8 Å². The number of amidine groups is 1. The first-order valence-corrected chi connectivity index (χ1v) is 44.5. The summed E-state index contributed by atoms with van der Waals surface area (Å²) in [4.78, 5) is 117. The van der Waals surface area contributed by atoms with Gasteiger partial charge in [0.1, 0.15) is 29.2 Å². The quantitative estimate of drug-likeness (QED) is 0.0907. The van der Waals surface area contributed by atoms with Crippen LogP contribution in [0.15, 0.2) is 0 Å². The number of piperazine rings is 4. The highest BCUT2D eigenvalue weighted by atomic mass is 16.4. The minimum Gasteiger partial charge on any atom is -0.480 e. The summed E-state index contributed by atoms with van der Waals surface area (Å²) in [6, 6.07) is 4.15. The molecule has 0 saturated carbocycles. The molecule has 0 aromatic rings. The highest BCUT2D eigenvalue weighted by Gasteiger charge is 2.36. The molecule has 24 heteroatoms. The number of nitrogens with one attached hydrogen (secondary N) is 2. The highest BCUT2D eigenvalue weighted by Crippen LogP contribution is 2.28. The van der Waals surface area contributed by atoms with E-state index in [0.717, 1.165) is 219 Å². The van der Waals surface area contributed by atoms with Crippen LogP contribution in [0.5, 0.6) is 0 Å². The maximum Gasteiger partial charge on any atom is 0.320 e. The number of nitrogens with zero attached hydrogens (tertiary/aromatic N) is 13. The van der Waals surface area contributed by atoms with Crippen molar-refractivity contribution in [2.75, 3.05) is 177 Å². The van der Waals surface area contributed by atoms with Crippen LogP contribution in [-0.4, -0.2) is 353 Å². The van der Waals surface area contributed by atoms with Crippen molar-refractivity contribution in [3.63, 3.8) is 0 Å². The molecule has 0 aromatic carbocycles. The van der Waals surface area contributed by atoms with Crippen LogP contribution in [-0.2, 0) is 33.6 Å². The summed E-state index contributed by atoms with van der Waals surface area (Å²) >= 11 is 0. The SMILES string of the molecule is CC(=N)N1CCN(C(C)C)CC1.CC(=O)C1CCN(C(C)C)CC1.CC(=O)C1CCN(C(C)C)CC1.CC(=O)CN1CCC(C(C)C)CC1.CC(=O)CN1CCN(C(C)C)CC1.CC(=O)N1CCC(C(C)C)CC1.CC(=O)N1CCN(C(C)C)CC1.CC(C)N1C[C@H](C)C[C@H]1C(=O)O.CC(C)NC(=O)N1CCN(C(C)C)CC1. The van der Waals surface area contributed by atoms with Crippen LogP contribution in [0.3, 0.4) is 0 Å². The van der Waals surface area contributed by atoms with Gasteiger partial charge in [0.15, 0.2) is 0 Å². The van der Waals surface area contributed by atoms with E-state index in [1.165, 1.54) is 25.7 Å². The van der Waals surface area contributed by atoms with Crippen LogP contribution < -0.4 is 5.32 Å². The average Bonchev–Trinajstić information content (AvgIpc) is 1.73. The van der Waals surface area contributed by atoms with E-state index in [4.69, 9.17) is 10.5 Å². The van der Waals surface area contributed by atoms with Gasteiger partial charge in [0.05, 0.1) is 18.9 Å². The summed E-state index contributed by atoms with van der Waals surface area (Å²) in [6.45, 7) is 84.7. The Morgan fingerprint density at radius 2 is 0.637 bits per heavy atom. The van der Waals surface area contributed by atoms with Crippen LogP contribution in [0.4, 0.5) is 4.79 Å². The van der Waals surface area contributed by atoms with Crippen molar-refractivity contribution in [3.8, 4) is 0 Å². The molecule has 660 valence electrons. The second-order valence-corrected chi connectivity index (χ2v) is 36.8. The zero-order chi connectivity index (χ0) is 86.1. The van der Waals surface area contributed by atoms with Crippen molar-refractivity contribution in [3.05, 3.63) is 0 Å². The number of amides is 4. The second kappa shape index (κ2) is 56.8. The molecule has 0 bridgehead atoms. The molecular weight excluding hydrogens is 1420 g/mol. The topological polar surface area (TPSA) is 235 Å². The number of carboxylic acids is 1. The number of hydrogen-bond donors (Lipinski definition) is 3. The molecular formula is C89H175N15O9. The molecule has 9 aliphatic rings. The Bertz CT molecular complexity index is 2390. The van der Waals surface area contributed by atoms with Gasteiger partial charge in [-0.25, -0.2) is 4.79 Å². The molecule has 0 radical (unpaired) electrons. The minimum absolute atomic E-state index is 0.0772. The van der Waals surface area contributed by atoms with Gasteiger partial charge in [-0.2, -0.15) is 0 Å². The molecule has 0 aliphatic carbocycles. The summed E-state index contributed by atoms with van der Waals surface area (Å²) < 4.78 is 0. The first kappa shape index (κ1) is 106. The Balaban J connectivity index is 0.000000636. The molecule has 24 nitrogen and oxygen atoms in total. The van der Waals surface area contributed by atoms with Crippen LogP contribution >= 0.6 is 0 Å². The molecule has 3 N–H and O–H groups in total. The number of carbonyl (C=O) groups excluding carboxylic acids is 7. The lowest BCUT2D eigenvalue weighted by molar-refractivity contribution is -0.143. The molecule has 2 atom stereocenters. The predicted octanol–water partition coefficient (Wildman–Crippen LogP) is 11.7. The van der Waals surface area contributed by atoms with E-state index in [0.29, 0.717) is 96.3 Å². The van der Waals surface area contributed by atoms with Crippen molar-refractivity contribution in [2.45, 2.75) is 306 Å². The van der Waals surface area contributed by atoms with Gasteiger partial charge in [-0.05, 0) is 272 Å². The molecule has 0 aromatic heterocycles. The monoisotopic (exact) mass is 1600 g/mol. The molecule has 113 heavy (non-hydrogen) atoms. The third kappa shape index (κ3) is 44.7. The largest absolute Gasteiger partial charge is 0.480 e. The minimum atomic E-state index is -0.673. The first-order chi connectivity index (χ1) is 52.8. The van der Waals surface area contributed by atoms with E-state index in [2.05, 4.69) is 172 Å². The first-order valence-electron chi connectivity index (χ1n) is 44.5. The van der Waals surface area contributed by atoms with Gasteiger partial charge >= 0.3 is 12.0 Å². The van der Waals surface area contributed by atoms with Gasteiger partial charge < -0.3 is 39.8 Å². The number of urea groups is 1. The number of carboxylic acid groups (broad SMARTS) is 1. The van der Waals surface area contributed by atoms with Crippen LogP contribution in [0.1, 0.15) is 252 Å². The normalized spacial score (nSPS) is 21.6. The maximum absolute atomic E-state index is 11.7. The van der Waals surface area contributed by atoms with Crippen LogP contribution in [0.25, 0.3) is 0 Å². The fourth-order valence-corrected chi connectivity index (χ4v) is 16.2. The Kier molecular flexibility index (Phi) is 53.5. The van der Waals surface area contributed by atoms with Gasteiger partial charge in [-0.15, -0.1) is 0 Å². The fourth-order valence-electron chi connectivity index (χ4n) is 16.2. The van der Waals surface area contributed by atoms with Crippen molar-refractivity contribution in [1.82, 2.24) is 69.0 Å². The van der Waals surface area contributed by atoms with E-state index >= 15 is 0 Å². The second-order valence-electron chi connectivity index (χ2n) is 36.8. The van der Waals surface area contributed by atoms with Crippen molar-refractivity contribution in [2.24, 2.45) is 41.4 Å². The van der Waals surface area contributed by atoms with Gasteiger partial charge in [-0.1, -0.05) is 34.6 Å². The summed E-state index contributed by atoms with van der Waals surface area (Å²) in [5, 5.41) is 19.3. The summed E-state index contributed by atoms with van der Waals surface area (Å²) in [6.07, 6.45) is 9.97. The zero-order valence-corrected chi connectivity index (χ0v) is 77.7. The molecule has 9 saturated heterocycles. The number of ketones is 4. The van der Waals surface area contributed by atoms with Gasteiger partial charge in [-0.3, -0.25) is 73.3 Å². The third-order valence-electron chi connectivity index (χ3n) is 24.5. The maximum atomic E-state index is 11.7. The lowest BCUT2D eigenvalue weighted by Gasteiger charge is -2.37. The zero-order valence-electron chi connectivity index (χ0n) is 77.7. The number of piperidine rings is 4. The molecule has 4 amide bonds.